The molecular formula is C19H22BrNO. The minimum absolute atomic E-state index is 0.167. The lowest BCUT2D eigenvalue weighted by atomic mass is 9.98. The summed E-state index contributed by atoms with van der Waals surface area (Å²) in [7, 11) is 0. The van der Waals surface area contributed by atoms with Crippen molar-refractivity contribution < 1.29 is 4.79 Å². The first kappa shape index (κ1) is 16.8. The largest absolute Gasteiger partial charge is 0.375 e. The van der Waals surface area contributed by atoms with E-state index < -0.39 is 0 Å². The van der Waals surface area contributed by atoms with E-state index in [-0.39, 0.29) is 11.8 Å². The van der Waals surface area contributed by atoms with Crippen LogP contribution in [0, 0.1) is 0 Å². The number of benzene rings is 2. The standard InChI is InChI=1S/C19H22BrNO/c1-3-6-18(21-17-11-9-16(20)10-12-17)19(22)15-8-5-7-14(4-2)13-15/h5,7-13,18,21H,3-4,6H2,1-2H3. The fourth-order valence-corrected chi connectivity index (χ4v) is 2.71. The van der Waals surface area contributed by atoms with Crippen LogP contribution in [0.25, 0.3) is 0 Å². The second-order valence-corrected chi connectivity index (χ2v) is 6.33. The molecule has 3 heteroatoms. The highest BCUT2D eigenvalue weighted by Crippen LogP contribution is 2.18. The van der Waals surface area contributed by atoms with Crippen LogP contribution in [-0.4, -0.2) is 11.8 Å². The molecule has 0 saturated heterocycles. The van der Waals surface area contributed by atoms with Crippen molar-refractivity contribution >= 4 is 27.4 Å². The molecule has 2 aromatic rings. The molecule has 116 valence electrons. The number of Topliss-reactive ketones (excluding diaryl/α,β-unsaturated/α-hetero) is 1. The summed E-state index contributed by atoms with van der Waals surface area (Å²) in [6.07, 6.45) is 2.73. The summed E-state index contributed by atoms with van der Waals surface area (Å²) >= 11 is 3.43. The van der Waals surface area contributed by atoms with E-state index in [1.54, 1.807) is 0 Å². The van der Waals surface area contributed by atoms with Crippen molar-refractivity contribution in [3.8, 4) is 0 Å². The Labute approximate surface area is 141 Å². The van der Waals surface area contributed by atoms with Crippen molar-refractivity contribution in [1.29, 1.82) is 0 Å². The first-order chi connectivity index (χ1) is 10.6. The van der Waals surface area contributed by atoms with Gasteiger partial charge in [0.05, 0.1) is 6.04 Å². The molecule has 0 radical (unpaired) electrons. The van der Waals surface area contributed by atoms with Gasteiger partial charge in [-0.2, -0.15) is 0 Å². The Hall–Kier alpha value is -1.61. The van der Waals surface area contributed by atoms with E-state index in [2.05, 4.69) is 41.2 Å². The van der Waals surface area contributed by atoms with Crippen molar-refractivity contribution in [1.82, 2.24) is 0 Å². The highest BCUT2D eigenvalue weighted by atomic mass is 79.9. The fraction of sp³-hybridized carbons (Fsp3) is 0.316. The Morgan fingerprint density at radius 3 is 2.50 bits per heavy atom. The third-order valence-electron chi connectivity index (χ3n) is 3.70. The van der Waals surface area contributed by atoms with Gasteiger partial charge >= 0.3 is 0 Å². The minimum atomic E-state index is -0.182. The second kappa shape index (κ2) is 8.14. The van der Waals surface area contributed by atoms with E-state index in [9.17, 15) is 4.79 Å². The molecular weight excluding hydrogens is 338 g/mol. The highest BCUT2D eigenvalue weighted by Gasteiger charge is 2.19. The molecule has 0 spiro atoms. The zero-order valence-corrected chi connectivity index (χ0v) is 14.7. The van der Waals surface area contributed by atoms with Gasteiger partial charge < -0.3 is 5.32 Å². The van der Waals surface area contributed by atoms with Gasteiger partial charge in [-0.05, 0) is 48.7 Å². The van der Waals surface area contributed by atoms with Gasteiger partial charge in [0.15, 0.2) is 5.78 Å². The summed E-state index contributed by atoms with van der Waals surface area (Å²) in [5.74, 6) is 0.167. The molecule has 0 aliphatic carbocycles. The molecule has 2 nitrogen and oxygen atoms in total. The monoisotopic (exact) mass is 359 g/mol. The Balaban J connectivity index is 2.18. The van der Waals surface area contributed by atoms with Crippen molar-refractivity contribution in [2.24, 2.45) is 0 Å². The van der Waals surface area contributed by atoms with Crippen molar-refractivity contribution in [3.63, 3.8) is 0 Å². The number of hydrogen-bond donors (Lipinski definition) is 1. The first-order valence-electron chi connectivity index (χ1n) is 7.79. The molecule has 0 bridgehead atoms. The van der Waals surface area contributed by atoms with Crippen molar-refractivity contribution in [3.05, 3.63) is 64.1 Å². The van der Waals surface area contributed by atoms with E-state index in [4.69, 9.17) is 0 Å². The third-order valence-corrected chi connectivity index (χ3v) is 4.23. The number of carbonyl (C=O) groups excluding carboxylic acids is 1. The highest BCUT2D eigenvalue weighted by molar-refractivity contribution is 9.10. The number of aryl methyl sites for hydroxylation is 1. The van der Waals surface area contributed by atoms with Gasteiger partial charge in [-0.1, -0.05) is 54.4 Å². The predicted octanol–water partition coefficient (Wildman–Crippen LogP) is 5.48. The molecule has 1 atom stereocenters. The lowest BCUT2D eigenvalue weighted by molar-refractivity contribution is 0.0965. The van der Waals surface area contributed by atoms with E-state index in [1.165, 1.54) is 5.56 Å². The summed E-state index contributed by atoms with van der Waals surface area (Å²) in [6.45, 7) is 4.21. The molecule has 2 aromatic carbocycles. The fourth-order valence-electron chi connectivity index (χ4n) is 2.45. The number of nitrogens with one attached hydrogen (secondary N) is 1. The number of carbonyl (C=O) groups is 1. The molecule has 0 heterocycles. The second-order valence-electron chi connectivity index (χ2n) is 5.41. The molecule has 0 amide bonds. The average molecular weight is 360 g/mol. The van der Waals surface area contributed by atoms with Crippen LogP contribution in [0.2, 0.25) is 0 Å². The normalized spacial score (nSPS) is 12.0. The molecule has 1 N–H and O–H groups in total. The smallest absolute Gasteiger partial charge is 0.184 e. The molecule has 0 aliphatic rings. The Morgan fingerprint density at radius 2 is 1.86 bits per heavy atom. The maximum atomic E-state index is 12.8. The van der Waals surface area contributed by atoms with Crippen LogP contribution < -0.4 is 5.32 Å². The summed E-state index contributed by atoms with van der Waals surface area (Å²) in [4.78, 5) is 12.8. The minimum Gasteiger partial charge on any atom is -0.375 e. The van der Waals surface area contributed by atoms with E-state index >= 15 is 0 Å². The number of ketones is 1. The van der Waals surface area contributed by atoms with Gasteiger partial charge in [0.2, 0.25) is 0 Å². The quantitative estimate of drug-likeness (QED) is 0.663. The van der Waals surface area contributed by atoms with Crippen LogP contribution in [0.4, 0.5) is 5.69 Å². The van der Waals surface area contributed by atoms with Crippen LogP contribution in [-0.2, 0) is 6.42 Å². The van der Waals surface area contributed by atoms with Crippen LogP contribution in [0.1, 0.15) is 42.6 Å². The number of hydrogen-bond acceptors (Lipinski definition) is 2. The van der Waals surface area contributed by atoms with Crippen molar-refractivity contribution in [2.45, 2.75) is 39.2 Å². The SMILES string of the molecule is CCCC(Nc1ccc(Br)cc1)C(=O)c1cccc(CC)c1. The number of halogens is 1. The zero-order valence-electron chi connectivity index (χ0n) is 13.1. The van der Waals surface area contributed by atoms with E-state index in [0.29, 0.717) is 0 Å². The van der Waals surface area contributed by atoms with Gasteiger partial charge in [-0.25, -0.2) is 0 Å². The van der Waals surface area contributed by atoms with Crippen LogP contribution in [0.5, 0.6) is 0 Å². The topological polar surface area (TPSA) is 29.1 Å². The van der Waals surface area contributed by atoms with Crippen molar-refractivity contribution in [2.75, 3.05) is 5.32 Å². The molecule has 2 rings (SSSR count). The molecule has 0 aliphatic heterocycles. The number of rotatable bonds is 7. The lowest BCUT2D eigenvalue weighted by Gasteiger charge is -2.19. The summed E-state index contributed by atoms with van der Waals surface area (Å²) < 4.78 is 1.03. The van der Waals surface area contributed by atoms with Crippen LogP contribution in [0.15, 0.2) is 53.0 Å². The maximum absolute atomic E-state index is 12.8. The van der Waals surface area contributed by atoms with Crippen LogP contribution in [0.3, 0.4) is 0 Å². The Kier molecular flexibility index (Phi) is 6.20. The molecule has 0 aromatic heterocycles. The van der Waals surface area contributed by atoms with Gasteiger partial charge in [-0.3, -0.25) is 4.79 Å². The lowest BCUT2D eigenvalue weighted by Crippen LogP contribution is -2.29. The predicted molar refractivity (Wildman–Crippen MR) is 96.6 cm³/mol. The third kappa shape index (κ3) is 4.44. The molecule has 1 unspecified atom stereocenters. The molecule has 22 heavy (non-hydrogen) atoms. The van der Waals surface area contributed by atoms with Gasteiger partial charge in [0.1, 0.15) is 0 Å². The summed E-state index contributed by atoms with van der Waals surface area (Å²) in [5.41, 5.74) is 2.97. The Bertz CT molecular complexity index is 622. The number of anilines is 1. The zero-order chi connectivity index (χ0) is 15.9. The van der Waals surface area contributed by atoms with Crippen LogP contribution >= 0.6 is 15.9 Å². The van der Waals surface area contributed by atoms with Gasteiger partial charge in [0, 0.05) is 15.7 Å². The molecule has 0 saturated carbocycles. The Morgan fingerprint density at radius 1 is 1.14 bits per heavy atom. The summed E-state index contributed by atoms with van der Waals surface area (Å²) in [6, 6.07) is 15.7. The first-order valence-corrected chi connectivity index (χ1v) is 8.58. The van der Waals surface area contributed by atoms with E-state index in [1.807, 2.05) is 42.5 Å². The van der Waals surface area contributed by atoms with Gasteiger partial charge in [0.25, 0.3) is 0 Å². The van der Waals surface area contributed by atoms with E-state index in [0.717, 1.165) is 35.0 Å². The van der Waals surface area contributed by atoms with Gasteiger partial charge in [-0.15, -0.1) is 0 Å². The summed E-state index contributed by atoms with van der Waals surface area (Å²) in [5, 5.41) is 3.37. The average Bonchev–Trinajstić information content (AvgIpc) is 2.56. The maximum Gasteiger partial charge on any atom is 0.184 e. The molecule has 0 fully saturated rings.